The summed E-state index contributed by atoms with van der Waals surface area (Å²) in [6, 6.07) is 48.8. The van der Waals surface area contributed by atoms with Crippen LogP contribution in [0.15, 0.2) is 149 Å². The quantitative estimate of drug-likeness (QED) is 0.0268. The summed E-state index contributed by atoms with van der Waals surface area (Å²) >= 11 is 0. The second-order valence-corrected chi connectivity index (χ2v) is 20.4. The maximum absolute atomic E-state index is 15.4. The second-order valence-electron chi connectivity index (χ2n) is 18.4. The Kier molecular flexibility index (Phi) is 15.1. The van der Waals surface area contributed by atoms with Gasteiger partial charge in [-0.05, 0) is 44.5 Å². The van der Waals surface area contributed by atoms with E-state index in [2.05, 4.69) is 109 Å². The predicted molar refractivity (Wildman–Crippen MR) is 272 cm³/mol. The third kappa shape index (κ3) is 8.97. The molecule has 0 N–H and O–H groups in total. The van der Waals surface area contributed by atoms with Crippen LogP contribution in [0, 0.1) is 116 Å². The molecule has 0 aromatic heterocycles. The van der Waals surface area contributed by atoms with Crippen molar-refractivity contribution in [2.45, 2.75) is 9.79 Å². The van der Waals surface area contributed by atoms with E-state index in [9.17, 15) is 57.5 Å². The van der Waals surface area contributed by atoms with E-state index in [0.717, 1.165) is 5.56 Å². The van der Waals surface area contributed by atoms with Crippen LogP contribution in [0.3, 0.4) is 0 Å². The van der Waals surface area contributed by atoms with Gasteiger partial charge in [-0.2, -0.15) is 0 Å². The van der Waals surface area contributed by atoms with Gasteiger partial charge in [-0.25, -0.2) is 87.8 Å². The van der Waals surface area contributed by atoms with Crippen LogP contribution in [-0.2, 0) is 10.9 Å². The van der Waals surface area contributed by atoms with Crippen LogP contribution in [0.5, 0.6) is 0 Å². The lowest BCUT2D eigenvalue weighted by Gasteiger charge is -2.44. The Hall–Kier alpha value is -8.86. The summed E-state index contributed by atoms with van der Waals surface area (Å²) in [6.45, 7) is 0. The number of Topliss-reactive ketones (excluding diaryl/α,β-unsaturated/α-hetero) is 1. The molecule has 0 bridgehead atoms. The summed E-state index contributed by atoms with van der Waals surface area (Å²) in [7, 11) is -0.493. The minimum atomic E-state index is -7.22. The molecule has 23 heteroatoms. The summed E-state index contributed by atoms with van der Waals surface area (Å²) in [5.74, 6) is -70.8. The molecule has 0 heterocycles. The number of hydrogen-bond donors (Lipinski definition) is 0. The molecule has 0 radical (unpaired) electrons. The van der Waals surface area contributed by atoms with E-state index in [1.807, 2.05) is 30.3 Å². The number of halogens is 20. The topological polar surface area (TPSA) is 17.1 Å². The van der Waals surface area contributed by atoms with Crippen molar-refractivity contribution in [3.05, 3.63) is 261 Å². The lowest BCUT2D eigenvalue weighted by Crippen LogP contribution is -2.81. The fourth-order valence-electron chi connectivity index (χ4n) is 10.4. The molecule has 0 spiro atoms. The van der Waals surface area contributed by atoms with E-state index in [0.29, 0.717) is 5.75 Å². The van der Waals surface area contributed by atoms with Gasteiger partial charge in [0.2, 0.25) is 5.78 Å². The Labute approximate surface area is 455 Å². The molecule has 11 aromatic carbocycles. The average Bonchev–Trinajstić information content (AvgIpc) is 2.15. The fourth-order valence-corrected chi connectivity index (χ4v) is 12.8. The van der Waals surface area contributed by atoms with Gasteiger partial charge in [0.25, 0.3) is 0 Å². The van der Waals surface area contributed by atoms with Gasteiger partial charge >= 0.3 is 0 Å². The number of ketones is 1. The largest absolute Gasteiger partial charge is 0.289 e. The van der Waals surface area contributed by atoms with E-state index in [-0.39, 0.29) is 5.78 Å². The summed E-state index contributed by atoms with van der Waals surface area (Å²) < 4.78 is 294. The van der Waals surface area contributed by atoms with Gasteiger partial charge in [0.05, 0.1) is 10.9 Å². The Bertz CT molecular complexity index is 4020. The molecule has 0 fully saturated rings. The van der Waals surface area contributed by atoms with Crippen LogP contribution in [0.2, 0.25) is 0 Å². The van der Waals surface area contributed by atoms with E-state index in [1.54, 1.807) is 0 Å². The van der Waals surface area contributed by atoms with E-state index < -0.39 is 155 Å². The van der Waals surface area contributed by atoms with E-state index in [1.165, 1.54) is 52.9 Å². The van der Waals surface area contributed by atoms with Crippen molar-refractivity contribution in [2.24, 2.45) is 0 Å². The predicted octanol–water partition coefficient (Wildman–Crippen LogP) is 15.1. The van der Waals surface area contributed by atoms with Crippen molar-refractivity contribution >= 4 is 87.8 Å². The summed E-state index contributed by atoms with van der Waals surface area (Å²) in [5, 5.41) is 9.79. The highest BCUT2D eigenvalue weighted by Crippen LogP contribution is 2.41. The third-order valence-corrected chi connectivity index (χ3v) is 16.4. The lowest BCUT2D eigenvalue weighted by atomic mass is 9.12. The standard InChI is InChI=1S/C36H25OS.C24BF20/c37-34(25-12-2-1-3-13-25)24-38(35-22-26-14-4-6-16-28(26)30-18-8-10-20-32(30)35)36-23-27-15-5-7-17-29(27)31-19-9-11-21-33(31)36;26-5-1(6(27)14(35)21(42)13(5)34)25(2-7(28)15(36)22(43)16(37)8(2)29,3-9(30)17(38)23(44)18(39)10(3)31)4-11(32)19(40)24(45)20(41)12(4)33/h1-23H,24H2;/q+1;-1. The first kappa shape index (κ1) is 57.4. The number of carbonyl (C=O) groups excluding carboxylic acids is 1. The summed E-state index contributed by atoms with van der Waals surface area (Å²) in [5.41, 5.74) is -13.6. The van der Waals surface area contributed by atoms with Crippen LogP contribution >= 0.6 is 0 Å². The van der Waals surface area contributed by atoms with E-state index >= 15 is 35.1 Å². The van der Waals surface area contributed by atoms with Crippen LogP contribution in [0.1, 0.15) is 10.4 Å². The molecule has 0 amide bonds. The van der Waals surface area contributed by atoms with Gasteiger partial charge in [-0.1, -0.05) is 115 Å². The average molecular weight is 1180 g/mol. The maximum Gasteiger partial charge on any atom is 0.212 e. The van der Waals surface area contributed by atoms with Gasteiger partial charge in [0.15, 0.2) is 85.4 Å². The molecule has 420 valence electrons. The highest BCUT2D eigenvalue weighted by Gasteiger charge is 2.52. The van der Waals surface area contributed by atoms with Crippen molar-refractivity contribution in [1.29, 1.82) is 0 Å². The molecule has 0 aliphatic rings. The zero-order valence-electron chi connectivity index (χ0n) is 40.9. The summed E-state index contributed by atoms with van der Waals surface area (Å²) in [6.07, 6.45) is -7.22. The Morgan fingerprint density at radius 2 is 0.506 bits per heavy atom. The van der Waals surface area contributed by atoms with Crippen molar-refractivity contribution in [1.82, 2.24) is 0 Å². The molecule has 0 atom stereocenters. The minimum Gasteiger partial charge on any atom is -0.289 e. The van der Waals surface area contributed by atoms with E-state index in [4.69, 9.17) is 0 Å². The molecule has 11 aromatic rings. The molecule has 1 nitrogen and oxygen atoms in total. The molecule has 83 heavy (non-hydrogen) atoms. The number of rotatable bonds is 9. The van der Waals surface area contributed by atoms with Crippen LogP contribution in [-0.4, -0.2) is 17.7 Å². The number of fused-ring (bicyclic) bond motifs is 6. The van der Waals surface area contributed by atoms with Crippen molar-refractivity contribution < 1.29 is 92.6 Å². The summed E-state index contributed by atoms with van der Waals surface area (Å²) in [4.78, 5) is 16.3. The highest BCUT2D eigenvalue weighted by atomic mass is 32.2. The smallest absolute Gasteiger partial charge is 0.212 e. The van der Waals surface area contributed by atoms with Gasteiger partial charge in [-0.15, -0.1) is 21.9 Å². The van der Waals surface area contributed by atoms with Gasteiger partial charge in [0, 0.05) is 28.5 Å². The zero-order valence-corrected chi connectivity index (χ0v) is 41.8. The molecule has 11 rings (SSSR count). The zero-order chi connectivity index (χ0) is 59.8. The van der Waals surface area contributed by atoms with Crippen LogP contribution in [0.25, 0.3) is 43.1 Å². The molecule has 0 saturated carbocycles. The number of hydrogen-bond acceptors (Lipinski definition) is 1. The van der Waals surface area contributed by atoms with Crippen molar-refractivity contribution in [3.63, 3.8) is 0 Å². The van der Waals surface area contributed by atoms with Crippen LogP contribution in [0.4, 0.5) is 87.8 Å². The normalized spacial score (nSPS) is 11.8. The van der Waals surface area contributed by atoms with Gasteiger partial charge in [0.1, 0.15) is 52.7 Å². The molecule has 0 aliphatic heterocycles. The minimum absolute atomic E-state index is 0.170. The molecule has 0 aliphatic carbocycles. The highest BCUT2D eigenvalue weighted by molar-refractivity contribution is 7.98. The van der Waals surface area contributed by atoms with Crippen molar-refractivity contribution in [3.8, 4) is 0 Å². The van der Waals surface area contributed by atoms with Crippen LogP contribution < -0.4 is 21.9 Å². The Morgan fingerprint density at radius 3 is 0.795 bits per heavy atom. The van der Waals surface area contributed by atoms with Gasteiger partial charge < -0.3 is 0 Å². The molecule has 0 saturated heterocycles. The second kappa shape index (κ2) is 21.8. The maximum atomic E-state index is 15.4. The first-order valence-electron chi connectivity index (χ1n) is 23.8. The number of carbonyl (C=O) groups is 1. The van der Waals surface area contributed by atoms with Gasteiger partial charge in [-0.3, -0.25) is 4.79 Å². The SMILES string of the molecule is Fc1c(F)c(F)c([B-](c2c(F)c(F)c(F)c(F)c2F)(c2c(F)c(F)c(F)c(F)c2F)c2c(F)c(F)c(F)c(F)c2F)c(F)c1F.O=C(C[S+](c1cc2ccccc2c2ccccc12)c1cc2ccccc2c2ccccc12)c1ccccc1. The number of benzene rings is 11. The fraction of sp³-hybridized carbons (Fsp3) is 0.0167. The third-order valence-electron chi connectivity index (χ3n) is 14.1. The Balaban J connectivity index is 0.000000187. The molecular formula is C60H25BF20OS. The van der Waals surface area contributed by atoms with Crippen molar-refractivity contribution in [2.75, 3.05) is 5.75 Å². The molecular weight excluding hydrogens is 1160 g/mol. The first-order chi connectivity index (χ1) is 39.5. The molecule has 0 unspecified atom stereocenters. The first-order valence-corrected chi connectivity index (χ1v) is 25.2. The Morgan fingerprint density at radius 1 is 0.277 bits per heavy atom. The monoisotopic (exact) mass is 1180 g/mol. The lowest BCUT2D eigenvalue weighted by molar-refractivity contribution is 0.102.